The van der Waals surface area contributed by atoms with Crippen molar-refractivity contribution in [2.24, 2.45) is 5.10 Å². The molecule has 0 atom stereocenters. The SMILES string of the molecule is COc1cccc(/C=N/Nc2nc3ccccc3[nH]2)c1O. The van der Waals surface area contributed by atoms with Gasteiger partial charge in [0.15, 0.2) is 11.5 Å². The normalized spacial score (nSPS) is 11.1. The number of fused-ring (bicyclic) bond motifs is 1. The summed E-state index contributed by atoms with van der Waals surface area (Å²) < 4.78 is 5.04. The average Bonchev–Trinajstić information content (AvgIpc) is 2.91. The van der Waals surface area contributed by atoms with Gasteiger partial charge in [0.2, 0.25) is 5.95 Å². The number of aromatic amines is 1. The number of benzene rings is 2. The van der Waals surface area contributed by atoms with E-state index in [1.807, 2.05) is 24.3 Å². The first-order chi connectivity index (χ1) is 10.3. The number of methoxy groups -OCH3 is 1. The second kappa shape index (κ2) is 5.54. The average molecular weight is 282 g/mol. The summed E-state index contributed by atoms with van der Waals surface area (Å²) in [6.45, 7) is 0. The van der Waals surface area contributed by atoms with Crippen LogP contribution in [0.1, 0.15) is 5.56 Å². The summed E-state index contributed by atoms with van der Waals surface area (Å²) in [4.78, 5) is 7.43. The molecule has 0 aliphatic rings. The summed E-state index contributed by atoms with van der Waals surface area (Å²) in [7, 11) is 1.50. The quantitative estimate of drug-likeness (QED) is 0.507. The second-order valence-corrected chi connectivity index (χ2v) is 4.37. The van der Waals surface area contributed by atoms with E-state index in [0.717, 1.165) is 11.0 Å². The van der Waals surface area contributed by atoms with Crippen LogP contribution in [0.15, 0.2) is 47.6 Å². The minimum Gasteiger partial charge on any atom is -0.504 e. The molecule has 1 heterocycles. The molecule has 0 unspecified atom stereocenters. The van der Waals surface area contributed by atoms with Crippen LogP contribution in [0, 0.1) is 0 Å². The number of anilines is 1. The smallest absolute Gasteiger partial charge is 0.222 e. The molecule has 106 valence electrons. The van der Waals surface area contributed by atoms with Gasteiger partial charge in [-0.3, -0.25) is 0 Å². The molecule has 3 rings (SSSR count). The lowest BCUT2D eigenvalue weighted by molar-refractivity contribution is 0.373. The number of phenols is 1. The van der Waals surface area contributed by atoms with Crippen LogP contribution in [-0.2, 0) is 0 Å². The Balaban J connectivity index is 1.78. The Morgan fingerprint density at radius 1 is 1.24 bits per heavy atom. The van der Waals surface area contributed by atoms with Crippen LogP contribution in [0.25, 0.3) is 11.0 Å². The number of hydrogen-bond acceptors (Lipinski definition) is 5. The Hall–Kier alpha value is -3.02. The standard InChI is InChI=1S/C15H14N4O2/c1-21-13-8-4-5-10(14(13)20)9-16-19-15-17-11-6-2-3-7-12(11)18-15/h2-9,20H,1H3,(H2,17,18,19)/b16-9+. The largest absolute Gasteiger partial charge is 0.504 e. The van der Waals surface area contributed by atoms with E-state index in [-0.39, 0.29) is 5.75 Å². The number of phenolic OH excluding ortho intramolecular Hbond substituents is 1. The van der Waals surface area contributed by atoms with Gasteiger partial charge in [-0.1, -0.05) is 18.2 Å². The first kappa shape index (κ1) is 13.0. The third-order valence-electron chi connectivity index (χ3n) is 3.01. The maximum Gasteiger partial charge on any atom is 0.222 e. The number of para-hydroxylation sites is 3. The molecule has 0 radical (unpaired) electrons. The van der Waals surface area contributed by atoms with E-state index in [1.165, 1.54) is 13.3 Å². The van der Waals surface area contributed by atoms with Gasteiger partial charge < -0.3 is 14.8 Å². The molecule has 1 aromatic heterocycles. The highest BCUT2D eigenvalue weighted by Crippen LogP contribution is 2.28. The van der Waals surface area contributed by atoms with Crippen LogP contribution in [0.5, 0.6) is 11.5 Å². The monoisotopic (exact) mass is 282 g/mol. The number of H-pyrrole nitrogens is 1. The van der Waals surface area contributed by atoms with Crippen molar-refractivity contribution in [2.75, 3.05) is 12.5 Å². The van der Waals surface area contributed by atoms with Crippen molar-refractivity contribution in [1.82, 2.24) is 9.97 Å². The first-order valence-electron chi connectivity index (χ1n) is 6.38. The summed E-state index contributed by atoms with van der Waals surface area (Å²) in [6.07, 6.45) is 1.50. The summed E-state index contributed by atoms with van der Waals surface area (Å²) >= 11 is 0. The van der Waals surface area contributed by atoms with E-state index in [9.17, 15) is 5.11 Å². The highest BCUT2D eigenvalue weighted by atomic mass is 16.5. The van der Waals surface area contributed by atoms with Crippen LogP contribution >= 0.6 is 0 Å². The molecule has 0 amide bonds. The van der Waals surface area contributed by atoms with Crippen molar-refractivity contribution in [3.05, 3.63) is 48.0 Å². The highest BCUT2D eigenvalue weighted by Gasteiger charge is 2.05. The van der Waals surface area contributed by atoms with Crippen LogP contribution in [0.4, 0.5) is 5.95 Å². The summed E-state index contributed by atoms with van der Waals surface area (Å²) in [5.41, 5.74) is 5.14. The van der Waals surface area contributed by atoms with Crippen molar-refractivity contribution in [3.8, 4) is 11.5 Å². The topological polar surface area (TPSA) is 82.5 Å². The van der Waals surface area contributed by atoms with Crippen molar-refractivity contribution < 1.29 is 9.84 Å². The number of nitrogens with zero attached hydrogens (tertiary/aromatic N) is 2. The van der Waals surface area contributed by atoms with Gasteiger partial charge in [0.05, 0.1) is 24.4 Å². The predicted octanol–water partition coefficient (Wildman–Crippen LogP) is 2.72. The minimum atomic E-state index is 0.0511. The molecule has 6 nitrogen and oxygen atoms in total. The van der Waals surface area contributed by atoms with E-state index in [1.54, 1.807) is 18.2 Å². The first-order valence-corrected chi connectivity index (χ1v) is 6.38. The third-order valence-corrected chi connectivity index (χ3v) is 3.01. The van der Waals surface area contributed by atoms with Gasteiger partial charge in [0, 0.05) is 5.56 Å². The molecule has 0 saturated heterocycles. The predicted molar refractivity (Wildman–Crippen MR) is 82.0 cm³/mol. The molecule has 3 N–H and O–H groups in total. The second-order valence-electron chi connectivity index (χ2n) is 4.37. The van der Waals surface area contributed by atoms with Crippen molar-refractivity contribution >= 4 is 23.2 Å². The van der Waals surface area contributed by atoms with E-state index >= 15 is 0 Å². The Morgan fingerprint density at radius 3 is 2.90 bits per heavy atom. The number of imidazole rings is 1. The third kappa shape index (κ3) is 2.64. The molecule has 6 heteroatoms. The van der Waals surface area contributed by atoms with Crippen molar-refractivity contribution in [2.45, 2.75) is 0 Å². The molecule has 0 spiro atoms. The zero-order valence-corrected chi connectivity index (χ0v) is 11.4. The maximum absolute atomic E-state index is 9.93. The van der Waals surface area contributed by atoms with Crippen LogP contribution in [0.3, 0.4) is 0 Å². The lowest BCUT2D eigenvalue weighted by Crippen LogP contribution is -1.93. The molecule has 21 heavy (non-hydrogen) atoms. The Kier molecular flexibility index (Phi) is 3.42. The molecular weight excluding hydrogens is 268 g/mol. The van der Waals surface area contributed by atoms with Crippen LogP contribution in [-0.4, -0.2) is 28.4 Å². The fourth-order valence-corrected chi connectivity index (χ4v) is 1.98. The van der Waals surface area contributed by atoms with E-state index in [4.69, 9.17) is 4.74 Å². The highest BCUT2D eigenvalue weighted by molar-refractivity contribution is 5.85. The van der Waals surface area contributed by atoms with E-state index in [0.29, 0.717) is 17.3 Å². The Bertz CT molecular complexity index is 762. The molecule has 0 fully saturated rings. The van der Waals surface area contributed by atoms with Gasteiger partial charge in [0.25, 0.3) is 0 Å². The Morgan fingerprint density at radius 2 is 2.10 bits per heavy atom. The van der Waals surface area contributed by atoms with Crippen molar-refractivity contribution in [1.29, 1.82) is 0 Å². The fraction of sp³-hybridized carbons (Fsp3) is 0.0667. The zero-order valence-electron chi connectivity index (χ0n) is 11.4. The summed E-state index contributed by atoms with van der Waals surface area (Å²) in [5, 5.41) is 14.0. The zero-order chi connectivity index (χ0) is 14.7. The molecule has 3 aromatic rings. The van der Waals surface area contributed by atoms with Crippen molar-refractivity contribution in [3.63, 3.8) is 0 Å². The van der Waals surface area contributed by atoms with Crippen LogP contribution < -0.4 is 10.2 Å². The van der Waals surface area contributed by atoms with Gasteiger partial charge in [-0.15, -0.1) is 0 Å². The molecule has 2 aromatic carbocycles. The number of nitrogens with one attached hydrogen (secondary N) is 2. The van der Waals surface area contributed by atoms with Gasteiger partial charge in [0.1, 0.15) is 0 Å². The lowest BCUT2D eigenvalue weighted by Gasteiger charge is -2.04. The van der Waals surface area contributed by atoms with Crippen LogP contribution in [0.2, 0.25) is 0 Å². The minimum absolute atomic E-state index is 0.0511. The van der Waals surface area contributed by atoms with Gasteiger partial charge >= 0.3 is 0 Å². The maximum atomic E-state index is 9.93. The Labute approximate surface area is 121 Å². The van der Waals surface area contributed by atoms with Gasteiger partial charge in [-0.05, 0) is 24.3 Å². The van der Waals surface area contributed by atoms with E-state index < -0.39 is 0 Å². The molecule has 0 saturated carbocycles. The summed E-state index contributed by atoms with van der Waals surface area (Å²) in [6, 6.07) is 12.9. The molecule has 0 aliphatic carbocycles. The molecule has 0 aliphatic heterocycles. The number of aromatic nitrogens is 2. The lowest BCUT2D eigenvalue weighted by atomic mass is 10.2. The number of hydrazone groups is 1. The molecule has 0 bridgehead atoms. The van der Waals surface area contributed by atoms with Gasteiger partial charge in [-0.2, -0.15) is 5.10 Å². The van der Waals surface area contributed by atoms with Gasteiger partial charge in [-0.25, -0.2) is 10.4 Å². The summed E-state index contributed by atoms with van der Waals surface area (Å²) in [5.74, 6) is 0.993. The number of ether oxygens (including phenoxy) is 1. The number of rotatable bonds is 4. The number of aromatic hydroxyl groups is 1. The molecular formula is C15H14N4O2. The van der Waals surface area contributed by atoms with E-state index in [2.05, 4.69) is 20.5 Å². The number of hydrogen-bond donors (Lipinski definition) is 3. The fourth-order valence-electron chi connectivity index (χ4n) is 1.98.